The summed E-state index contributed by atoms with van der Waals surface area (Å²) in [5.74, 6) is 0.575. The molecule has 0 spiro atoms. The SMILES string of the molecule is CCOc1ccccc1C(=O)NCC(c1cccs1)N1CCCC1. The molecule has 24 heavy (non-hydrogen) atoms. The number of amides is 1. The van der Waals surface area contributed by atoms with E-state index in [2.05, 4.69) is 27.7 Å². The van der Waals surface area contributed by atoms with E-state index >= 15 is 0 Å². The highest BCUT2D eigenvalue weighted by atomic mass is 32.1. The number of rotatable bonds is 7. The first-order chi connectivity index (χ1) is 11.8. The lowest BCUT2D eigenvalue weighted by Gasteiger charge is -2.27. The molecule has 0 saturated carbocycles. The Bertz CT molecular complexity index is 651. The predicted molar refractivity (Wildman–Crippen MR) is 97.8 cm³/mol. The number of hydrogen-bond acceptors (Lipinski definition) is 4. The van der Waals surface area contributed by atoms with Gasteiger partial charge in [0.05, 0.1) is 18.2 Å². The van der Waals surface area contributed by atoms with Crippen molar-refractivity contribution in [2.45, 2.75) is 25.8 Å². The fourth-order valence-corrected chi connectivity index (χ4v) is 4.02. The monoisotopic (exact) mass is 344 g/mol. The number of likely N-dealkylation sites (tertiary alicyclic amines) is 1. The number of thiophene rings is 1. The molecule has 0 bridgehead atoms. The lowest BCUT2D eigenvalue weighted by molar-refractivity contribution is 0.0934. The van der Waals surface area contributed by atoms with Gasteiger partial charge in [0.15, 0.2) is 0 Å². The number of benzene rings is 1. The maximum atomic E-state index is 12.6. The van der Waals surface area contributed by atoms with Crippen LogP contribution >= 0.6 is 11.3 Å². The maximum absolute atomic E-state index is 12.6. The summed E-state index contributed by atoms with van der Waals surface area (Å²) in [5.41, 5.74) is 0.603. The maximum Gasteiger partial charge on any atom is 0.255 e. The van der Waals surface area contributed by atoms with E-state index in [9.17, 15) is 4.79 Å². The van der Waals surface area contributed by atoms with Crippen molar-refractivity contribution in [3.63, 3.8) is 0 Å². The van der Waals surface area contributed by atoms with Crippen LogP contribution in [0.1, 0.15) is 41.0 Å². The third-order valence-electron chi connectivity index (χ3n) is 4.34. The Balaban J connectivity index is 1.69. The number of para-hydroxylation sites is 1. The molecule has 0 aliphatic carbocycles. The molecule has 1 unspecified atom stereocenters. The van der Waals surface area contributed by atoms with Gasteiger partial charge >= 0.3 is 0 Å². The lowest BCUT2D eigenvalue weighted by Crippen LogP contribution is -2.36. The number of nitrogens with one attached hydrogen (secondary N) is 1. The van der Waals surface area contributed by atoms with E-state index in [0.29, 0.717) is 24.5 Å². The average molecular weight is 344 g/mol. The van der Waals surface area contributed by atoms with Crippen LogP contribution in [0.2, 0.25) is 0 Å². The number of nitrogens with zero attached hydrogens (tertiary/aromatic N) is 1. The van der Waals surface area contributed by atoms with Crippen LogP contribution in [-0.2, 0) is 0 Å². The second-order valence-electron chi connectivity index (χ2n) is 5.91. The van der Waals surface area contributed by atoms with Crippen LogP contribution in [0.5, 0.6) is 5.75 Å². The summed E-state index contributed by atoms with van der Waals surface area (Å²) >= 11 is 1.76. The summed E-state index contributed by atoms with van der Waals surface area (Å²) < 4.78 is 5.57. The van der Waals surface area contributed by atoms with Gasteiger partial charge in [0.2, 0.25) is 0 Å². The van der Waals surface area contributed by atoms with E-state index in [4.69, 9.17) is 4.74 Å². The summed E-state index contributed by atoms with van der Waals surface area (Å²) in [6, 6.07) is 11.9. The third-order valence-corrected chi connectivity index (χ3v) is 5.31. The van der Waals surface area contributed by atoms with Crippen LogP contribution in [0.15, 0.2) is 41.8 Å². The molecule has 5 heteroatoms. The van der Waals surface area contributed by atoms with Gasteiger partial charge in [0.1, 0.15) is 5.75 Å². The molecule has 1 amide bonds. The second kappa shape index (κ2) is 8.31. The highest BCUT2D eigenvalue weighted by Gasteiger charge is 2.25. The van der Waals surface area contributed by atoms with Gasteiger partial charge in [-0.05, 0) is 56.4 Å². The predicted octanol–water partition coefficient (Wildman–Crippen LogP) is 3.71. The highest BCUT2D eigenvalue weighted by molar-refractivity contribution is 7.10. The largest absolute Gasteiger partial charge is 0.493 e. The fraction of sp³-hybridized carbons (Fsp3) is 0.421. The third kappa shape index (κ3) is 3.97. The number of carbonyl (C=O) groups is 1. The van der Waals surface area contributed by atoms with Crippen molar-refractivity contribution in [3.8, 4) is 5.75 Å². The van der Waals surface area contributed by atoms with Crippen molar-refractivity contribution in [1.29, 1.82) is 0 Å². The molecule has 1 aliphatic heterocycles. The van der Waals surface area contributed by atoms with Crippen molar-refractivity contribution in [2.24, 2.45) is 0 Å². The Morgan fingerprint density at radius 2 is 2.04 bits per heavy atom. The molecular formula is C19H24N2O2S. The molecule has 1 aromatic carbocycles. The van der Waals surface area contributed by atoms with Crippen molar-refractivity contribution < 1.29 is 9.53 Å². The van der Waals surface area contributed by atoms with E-state index in [1.165, 1.54) is 17.7 Å². The Labute approximate surface area is 147 Å². The molecule has 0 radical (unpaired) electrons. The van der Waals surface area contributed by atoms with Gasteiger partial charge in [-0.15, -0.1) is 11.3 Å². The van der Waals surface area contributed by atoms with E-state index < -0.39 is 0 Å². The quantitative estimate of drug-likeness (QED) is 0.832. The smallest absolute Gasteiger partial charge is 0.255 e. The minimum Gasteiger partial charge on any atom is -0.493 e. The normalized spacial score (nSPS) is 16.0. The van der Waals surface area contributed by atoms with E-state index in [-0.39, 0.29) is 11.9 Å². The summed E-state index contributed by atoms with van der Waals surface area (Å²) in [5, 5.41) is 5.21. The van der Waals surface area contributed by atoms with Gasteiger partial charge in [0.25, 0.3) is 5.91 Å². The van der Waals surface area contributed by atoms with Gasteiger partial charge in [-0.1, -0.05) is 18.2 Å². The molecule has 1 aliphatic rings. The van der Waals surface area contributed by atoms with Crippen molar-refractivity contribution in [2.75, 3.05) is 26.2 Å². The first kappa shape index (κ1) is 17.0. The summed E-state index contributed by atoms with van der Waals surface area (Å²) in [4.78, 5) is 16.4. The number of carbonyl (C=O) groups excluding carboxylic acids is 1. The molecule has 2 heterocycles. The van der Waals surface area contributed by atoms with Crippen molar-refractivity contribution >= 4 is 17.2 Å². The Kier molecular flexibility index (Phi) is 5.88. The minimum absolute atomic E-state index is 0.0696. The molecule has 1 saturated heterocycles. The van der Waals surface area contributed by atoms with Gasteiger partial charge in [-0.25, -0.2) is 0 Å². The number of ether oxygens (including phenoxy) is 1. The van der Waals surface area contributed by atoms with Crippen molar-refractivity contribution in [1.82, 2.24) is 10.2 Å². The minimum atomic E-state index is -0.0696. The standard InChI is InChI=1S/C19H24N2O2S/c1-2-23-17-9-4-3-8-15(17)19(22)20-14-16(18-10-7-13-24-18)21-11-5-6-12-21/h3-4,7-10,13,16H,2,5-6,11-12,14H2,1H3,(H,20,22). The Morgan fingerprint density at radius 3 is 2.75 bits per heavy atom. The number of hydrogen-bond donors (Lipinski definition) is 1. The van der Waals surface area contributed by atoms with Crippen LogP contribution in [0.4, 0.5) is 0 Å². The van der Waals surface area contributed by atoms with E-state index in [1.807, 2.05) is 31.2 Å². The summed E-state index contributed by atoms with van der Waals surface area (Å²) in [6.07, 6.45) is 2.48. The van der Waals surface area contributed by atoms with E-state index in [0.717, 1.165) is 13.1 Å². The molecular weight excluding hydrogens is 320 g/mol. The zero-order chi connectivity index (χ0) is 16.8. The van der Waals surface area contributed by atoms with Crippen LogP contribution in [0.3, 0.4) is 0 Å². The van der Waals surface area contributed by atoms with Gasteiger partial charge in [-0.2, -0.15) is 0 Å². The molecule has 128 valence electrons. The zero-order valence-corrected chi connectivity index (χ0v) is 14.8. The molecule has 1 N–H and O–H groups in total. The zero-order valence-electron chi connectivity index (χ0n) is 14.0. The van der Waals surface area contributed by atoms with Gasteiger partial charge in [0, 0.05) is 11.4 Å². The van der Waals surface area contributed by atoms with Crippen LogP contribution in [0, 0.1) is 0 Å². The van der Waals surface area contributed by atoms with Gasteiger partial charge < -0.3 is 10.1 Å². The highest BCUT2D eigenvalue weighted by Crippen LogP contribution is 2.28. The molecule has 1 aromatic heterocycles. The molecule has 1 atom stereocenters. The first-order valence-corrected chi connectivity index (χ1v) is 9.45. The Morgan fingerprint density at radius 1 is 1.25 bits per heavy atom. The molecule has 4 nitrogen and oxygen atoms in total. The lowest BCUT2D eigenvalue weighted by atomic mass is 10.1. The Hall–Kier alpha value is -1.85. The molecule has 2 aromatic rings. The molecule has 3 rings (SSSR count). The topological polar surface area (TPSA) is 41.6 Å². The summed E-state index contributed by atoms with van der Waals surface area (Å²) in [7, 11) is 0. The molecule has 1 fully saturated rings. The van der Waals surface area contributed by atoms with Crippen LogP contribution in [-0.4, -0.2) is 37.0 Å². The first-order valence-electron chi connectivity index (χ1n) is 8.57. The van der Waals surface area contributed by atoms with Crippen LogP contribution < -0.4 is 10.1 Å². The van der Waals surface area contributed by atoms with Crippen LogP contribution in [0.25, 0.3) is 0 Å². The van der Waals surface area contributed by atoms with Crippen molar-refractivity contribution in [3.05, 3.63) is 52.2 Å². The fourth-order valence-electron chi connectivity index (χ4n) is 3.16. The second-order valence-corrected chi connectivity index (χ2v) is 6.89. The average Bonchev–Trinajstić information content (AvgIpc) is 3.30. The van der Waals surface area contributed by atoms with E-state index in [1.54, 1.807) is 11.3 Å². The summed E-state index contributed by atoms with van der Waals surface area (Å²) in [6.45, 7) is 5.31. The van der Waals surface area contributed by atoms with Gasteiger partial charge in [-0.3, -0.25) is 9.69 Å².